The topological polar surface area (TPSA) is 70.1 Å². The molecule has 0 fully saturated rings. The van der Waals surface area contributed by atoms with E-state index in [-0.39, 0.29) is 23.5 Å². The van der Waals surface area contributed by atoms with E-state index >= 15 is 0 Å². The Labute approximate surface area is 186 Å². The Morgan fingerprint density at radius 3 is 2.16 bits per heavy atom. The molecule has 31 heavy (non-hydrogen) atoms. The number of anilines is 1. The van der Waals surface area contributed by atoms with Crippen molar-refractivity contribution in [3.8, 4) is 28.9 Å². The van der Waals surface area contributed by atoms with E-state index in [0.717, 1.165) is 5.56 Å². The van der Waals surface area contributed by atoms with Gasteiger partial charge in [0.25, 0.3) is 0 Å². The molecular formula is C23H23ClN2O5. The first-order valence-corrected chi connectivity index (χ1v) is 9.80. The summed E-state index contributed by atoms with van der Waals surface area (Å²) in [6, 6.07) is 15.7. The van der Waals surface area contributed by atoms with Gasteiger partial charge < -0.3 is 23.8 Å². The van der Waals surface area contributed by atoms with Crippen LogP contribution in [0.1, 0.15) is 12.5 Å². The highest BCUT2D eigenvalue weighted by Gasteiger charge is 2.21. The van der Waals surface area contributed by atoms with E-state index in [2.05, 4.69) is 4.98 Å². The fraction of sp³-hybridized carbons (Fsp3) is 0.217. The van der Waals surface area contributed by atoms with Crippen molar-refractivity contribution in [2.75, 3.05) is 26.2 Å². The summed E-state index contributed by atoms with van der Waals surface area (Å²) in [5, 5.41) is 0.245. The first-order chi connectivity index (χ1) is 14.9. The molecule has 2 aromatic carbocycles. The second-order valence-corrected chi connectivity index (χ2v) is 6.91. The minimum atomic E-state index is -0.200. The molecule has 0 aliphatic heterocycles. The molecule has 0 saturated carbocycles. The van der Waals surface area contributed by atoms with Crippen molar-refractivity contribution in [1.82, 2.24) is 4.98 Å². The minimum absolute atomic E-state index is 0.200. The van der Waals surface area contributed by atoms with Crippen LogP contribution in [-0.2, 0) is 11.3 Å². The number of amides is 1. The van der Waals surface area contributed by atoms with Crippen LogP contribution in [0.15, 0.2) is 54.6 Å². The van der Waals surface area contributed by atoms with Crippen LogP contribution >= 0.6 is 11.6 Å². The molecule has 1 amide bonds. The van der Waals surface area contributed by atoms with Crippen LogP contribution in [0.3, 0.4) is 0 Å². The molecule has 0 atom stereocenters. The van der Waals surface area contributed by atoms with Gasteiger partial charge in [0.1, 0.15) is 33.8 Å². The molecule has 0 aliphatic carbocycles. The van der Waals surface area contributed by atoms with Crippen molar-refractivity contribution in [3.63, 3.8) is 0 Å². The monoisotopic (exact) mass is 442 g/mol. The normalized spacial score (nSPS) is 10.4. The maximum Gasteiger partial charge on any atom is 0.244 e. The zero-order valence-electron chi connectivity index (χ0n) is 17.7. The summed E-state index contributed by atoms with van der Waals surface area (Å²) in [6.45, 7) is 1.69. The lowest BCUT2D eigenvalue weighted by molar-refractivity contribution is -0.116. The van der Waals surface area contributed by atoms with Gasteiger partial charge in [-0.1, -0.05) is 11.6 Å². The summed E-state index contributed by atoms with van der Waals surface area (Å²) in [4.78, 5) is 18.4. The molecule has 0 radical (unpaired) electrons. The first kappa shape index (κ1) is 22.2. The van der Waals surface area contributed by atoms with Crippen molar-refractivity contribution in [3.05, 3.63) is 65.3 Å². The van der Waals surface area contributed by atoms with Crippen LogP contribution in [0.25, 0.3) is 0 Å². The van der Waals surface area contributed by atoms with Crippen LogP contribution in [0.5, 0.6) is 28.9 Å². The molecule has 3 rings (SSSR count). The number of methoxy groups -OCH3 is 3. The minimum Gasteiger partial charge on any atom is -0.497 e. The Bertz CT molecular complexity index is 1060. The molecule has 0 aliphatic rings. The van der Waals surface area contributed by atoms with Crippen LogP contribution in [0.2, 0.25) is 5.15 Å². The van der Waals surface area contributed by atoms with Gasteiger partial charge in [0.05, 0.1) is 27.9 Å². The number of carbonyl (C=O) groups excluding carboxylic acids is 1. The van der Waals surface area contributed by atoms with E-state index in [4.69, 9.17) is 30.5 Å². The predicted molar refractivity (Wildman–Crippen MR) is 119 cm³/mol. The lowest BCUT2D eigenvalue weighted by Gasteiger charge is -2.24. The Morgan fingerprint density at radius 1 is 0.903 bits per heavy atom. The van der Waals surface area contributed by atoms with Crippen LogP contribution in [-0.4, -0.2) is 32.2 Å². The van der Waals surface area contributed by atoms with Gasteiger partial charge in [-0.3, -0.25) is 4.79 Å². The highest BCUT2D eigenvalue weighted by atomic mass is 35.5. The Kier molecular flexibility index (Phi) is 7.20. The highest BCUT2D eigenvalue weighted by Crippen LogP contribution is 2.35. The van der Waals surface area contributed by atoms with Crippen LogP contribution in [0, 0.1) is 0 Å². The van der Waals surface area contributed by atoms with E-state index in [1.165, 1.54) is 6.92 Å². The van der Waals surface area contributed by atoms with Crippen molar-refractivity contribution in [2.24, 2.45) is 0 Å². The number of hydrogen-bond donors (Lipinski definition) is 0. The maximum absolute atomic E-state index is 12.6. The summed E-state index contributed by atoms with van der Waals surface area (Å²) >= 11 is 6.11. The van der Waals surface area contributed by atoms with E-state index in [0.29, 0.717) is 28.7 Å². The summed E-state index contributed by atoms with van der Waals surface area (Å²) in [5.74, 6) is 2.51. The number of hydrogen-bond acceptors (Lipinski definition) is 6. The van der Waals surface area contributed by atoms with Gasteiger partial charge in [-0.15, -0.1) is 0 Å². The lowest BCUT2D eigenvalue weighted by Crippen LogP contribution is -2.28. The Hall–Kier alpha value is -3.45. The summed E-state index contributed by atoms with van der Waals surface area (Å²) in [7, 11) is 4.74. The summed E-state index contributed by atoms with van der Waals surface area (Å²) < 4.78 is 21.9. The zero-order chi connectivity index (χ0) is 22.4. The van der Waals surface area contributed by atoms with Crippen molar-refractivity contribution < 1.29 is 23.7 Å². The van der Waals surface area contributed by atoms with E-state index in [9.17, 15) is 4.79 Å². The molecule has 0 spiro atoms. The third-order valence-corrected chi connectivity index (χ3v) is 4.78. The Balaban J connectivity index is 1.99. The highest BCUT2D eigenvalue weighted by molar-refractivity contribution is 6.29. The van der Waals surface area contributed by atoms with Crippen molar-refractivity contribution in [2.45, 2.75) is 13.5 Å². The van der Waals surface area contributed by atoms with E-state index in [1.54, 1.807) is 74.8 Å². The molecule has 0 saturated heterocycles. The first-order valence-electron chi connectivity index (χ1n) is 9.42. The number of aromatic nitrogens is 1. The van der Waals surface area contributed by atoms with Gasteiger partial charge in [-0.2, -0.15) is 4.98 Å². The number of rotatable bonds is 8. The maximum atomic E-state index is 12.6. The van der Waals surface area contributed by atoms with Crippen LogP contribution < -0.4 is 23.8 Å². The van der Waals surface area contributed by atoms with E-state index < -0.39 is 0 Å². The molecule has 1 heterocycles. The predicted octanol–water partition coefficient (Wildman–Crippen LogP) is 5.11. The number of benzene rings is 2. The fourth-order valence-corrected chi connectivity index (χ4v) is 3.13. The van der Waals surface area contributed by atoms with Crippen LogP contribution in [0.4, 0.5) is 5.69 Å². The molecule has 8 heteroatoms. The van der Waals surface area contributed by atoms with Gasteiger partial charge in [-0.25, -0.2) is 0 Å². The fourth-order valence-electron chi connectivity index (χ4n) is 2.99. The second-order valence-electron chi connectivity index (χ2n) is 6.52. The molecule has 7 nitrogen and oxygen atoms in total. The molecule has 0 unspecified atom stereocenters. The van der Waals surface area contributed by atoms with Crippen molar-refractivity contribution >= 4 is 23.2 Å². The van der Waals surface area contributed by atoms with Gasteiger partial charge in [-0.05, 0) is 54.6 Å². The van der Waals surface area contributed by atoms with E-state index in [1.807, 2.05) is 6.07 Å². The molecule has 162 valence electrons. The second kappa shape index (κ2) is 10.0. The van der Waals surface area contributed by atoms with Gasteiger partial charge >= 0.3 is 0 Å². The Morgan fingerprint density at radius 2 is 1.55 bits per heavy atom. The number of carbonyl (C=O) groups is 1. The zero-order valence-corrected chi connectivity index (χ0v) is 18.5. The molecular weight excluding hydrogens is 420 g/mol. The SMILES string of the molecule is COc1ccc(Oc2nc(Cl)ccc2N(Cc2cc(OC)ccc2OC)C(C)=O)cc1. The van der Waals surface area contributed by atoms with Gasteiger partial charge in [0.15, 0.2) is 0 Å². The standard InChI is InChI=1S/C23H23ClN2O5/c1-15(27)26(14-16-13-19(29-3)9-11-21(16)30-4)20-10-12-22(24)25-23(20)31-18-7-5-17(28-2)6-8-18/h5-13H,14H2,1-4H3. The molecule has 0 bridgehead atoms. The molecule has 3 aromatic rings. The lowest BCUT2D eigenvalue weighted by atomic mass is 10.1. The quantitative estimate of drug-likeness (QED) is 0.452. The number of halogens is 1. The smallest absolute Gasteiger partial charge is 0.244 e. The van der Waals surface area contributed by atoms with Gasteiger partial charge in [0.2, 0.25) is 11.8 Å². The number of pyridine rings is 1. The summed E-state index contributed by atoms with van der Waals surface area (Å²) in [5.41, 5.74) is 1.24. The third-order valence-electron chi connectivity index (χ3n) is 4.57. The molecule has 0 N–H and O–H groups in total. The molecule has 1 aromatic heterocycles. The average molecular weight is 443 g/mol. The number of ether oxygens (including phenoxy) is 4. The number of nitrogens with zero attached hydrogens (tertiary/aromatic N) is 2. The largest absolute Gasteiger partial charge is 0.497 e. The van der Waals surface area contributed by atoms with Gasteiger partial charge in [0, 0.05) is 12.5 Å². The summed E-state index contributed by atoms with van der Waals surface area (Å²) in [6.07, 6.45) is 0. The third kappa shape index (κ3) is 5.38. The average Bonchev–Trinajstić information content (AvgIpc) is 2.78. The van der Waals surface area contributed by atoms with Crippen molar-refractivity contribution in [1.29, 1.82) is 0 Å².